The summed E-state index contributed by atoms with van der Waals surface area (Å²) in [5.41, 5.74) is 0.790. The lowest BCUT2D eigenvalue weighted by molar-refractivity contribution is 0.0707. The minimum Gasteiger partial charge on any atom is -0.336 e. The van der Waals surface area contributed by atoms with Gasteiger partial charge in [-0.2, -0.15) is 0 Å². The highest BCUT2D eigenvalue weighted by Gasteiger charge is 2.19. The lowest BCUT2D eigenvalue weighted by Crippen LogP contribution is -2.37. The lowest BCUT2D eigenvalue weighted by atomic mass is 10.2. The first-order valence-corrected chi connectivity index (χ1v) is 7.66. The van der Waals surface area contributed by atoms with Crippen molar-refractivity contribution in [1.29, 1.82) is 0 Å². The molecule has 1 amide bonds. The van der Waals surface area contributed by atoms with Crippen molar-refractivity contribution in [2.24, 2.45) is 0 Å². The first kappa shape index (κ1) is 14.3. The van der Waals surface area contributed by atoms with E-state index in [0.29, 0.717) is 5.88 Å². The Morgan fingerprint density at radius 1 is 1.62 bits per heavy atom. The Labute approximate surface area is 119 Å². The minimum atomic E-state index is 0.110. The Morgan fingerprint density at radius 2 is 2.31 bits per heavy atom. The van der Waals surface area contributed by atoms with Crippen molar-refractivity contribution in [3.05, 3.63) is 19.9 Å². The maximum atomic E-state index is 12.2. The van der Waals surface area contributed by atoms with E-state index < -0.39 is 0 Å². The molecule has 0 aliphatic rings. The summed E-state index contributed by atoms with van der Waals surface area (Å²) in [5.74, 6) is 0.705. The fraction of sp³-hybridized carbons (Fsp3) is 0.545. The molecular formula is C11H15ClINOS. The third kappa shape index (κ3) is 3.89. The van der Waals surface area contributed by atoms with E-state index in [0.717, 1.165) is 21.4 Å². The zero-order valence-electron chi connectivity index (χ0n) is 9.37. The SMILES string of the molecule is CC(C)N(CCCCl)C(=O)c1csc(I)c1. The van der Waals surface area contributed by atoms with Crippen LogP contribution in [0.2, 0.25) is 0 Å². The van der Waals surface area contributed by atoms with Gasteiger partial charge in [-0.05, 0) is 48.9 Å². The van der Waals surface area contributed by atoms with Crippen molar-refractivity contribution >= 4 is 51.4 Å². The van der Waals surface area contributed by atoms with E-state index in [4.69, 9.17) is 11.6 Å². The fourth-order valence-corrected chi connectivity index (χ4v) is 2.85. The molecular weight excluding hydrogens is 357 g/mol. The van der Waals surface area contributed by atoms with Crippen LogP contribution in [0.15, 0.2) is 11.4 Å². The highest BCUT2D eigenvalue weighted by atomic mass is 127. The molecule has 0 bridgehead atoms. The number of thiophene rings is 1. The molecule has 0 aliphatic heterocycles. The first-order chi connectivity index (χ1) is 7.56. The molecule has 0 fully saturated rings. The maximum Gasteiger partial charge on any atom is 0.254 e. The van der Waals surface area contributed by atoms with E-state index in [-0.39, 0.29) is 11.9 Å². The average Bonchev–Trinajstić information content (AvgIpc) is 2.64. The van der Waals surface area contributed by atoms with Crippen LogP contribution in [0.3, 0.4) is 0 Å². The van der Waals surface area contributed by atoms with Crippen molar-refractivity contribution in [3.8, 4) is 0 Å². The number of rotatable bonds is 5. The molecule has 1 rings (SSSR count). The molecule has 0 aromatic carbocycles. The summed E-state index contributed by atoms with van der Waals surface area (Å²) in [6.07, 6.45) is 0.840. The van der Waals surface area contributed by atoms with Gasteiger partial charge in [0.15, 0.2) is 0 Å². The van der Waals surface area contributed by atoms with Gasteiger partial charge in [0.05, 0.1) is 8.45 Å². The number of halogens is 2. The third-order valence-electron chi connectivity index (χ3n) is 2.23. The molecule has 0 radical (unpaired) electrons. The highest BCUT2D eigenvalue weighted by molar-refractivity contribution is 14.1. The van der Waals surface area contributed by atoms with Crippen LogP contribution in [0.5, 0.6) is 0 Å². The van der Waals surface area contributed by atoms with Gasteiger partial charge in [-0.15, -0.1) is 22.9 Å². The molecule has 0 saturated heterocycles. The van der Waals surface area contributed by atoms with Gasteiger partial charge < -0.3 is 4.90 Å². The van der Waals surface area contributed by atoms with Crippen LogP contribution in [0.1, 0.15) is 30.6 Å². The van der Waals surface area contributed by atoms with E-state index in [2.05, 4.69) is 22.6 Å². The van der Waals surface area contributed by atoms with E-state index in [9.17, 15) is 4.79 Å². The van der Waals surface area contributed by atoms with Crippen molar-refractivity contribution in [3.63, 3.8) is 0 Å². The highest BCUT2D eigenvalue weighted by Crippen LogP contribution is 2.19. The molecule has 1 heterocycles. The summed E-state index contributed by atoms with van der Waals surface area (Å²) in [5, 5.41) is 1.92. The van der Waals surface area contributed by atoms with Gasteiger partial charge in [-0.3, -0.25) is 4.79 Å². The zero-order chi connectivity index (χ0) is 12.1. The van der Waals surface area contributed by atoms with Crippen LogP contribution in [0, 0.1) is 2.88 Å². The molecule has 0 saturated carbocycles. The minimum absolute atomic E-state index is 0.110. The second-order valence-corrected chi connectivity index (χ2v) is 6.96. The standard InChI is InChI=1S/C11H15ClINOS/c1-8(2)14(5-3-4-12)11(15)9-6-10(13)16-7-9/h6-8H,3-5H2,1-2H3. The monoisotopic (exact) mass is 371 g/mol. The second-order valence-electron chi connectivity index (χ2n) is 3.77. The van der Waals surface area contributed by atoms with Gasteiger partial charge in [-0.1, -0.05) is 0 Å². The van der Waals surface area contributed by atoms with Crippen molar-refractivity contribution in [1.82, 2.24) is 4.90 Å². The summed E-state index contributed by atoms with van der Waals surface area (Å²) < 4.78 is 1.14. The third-order valence-corrected chi connectivity index (χ3v) is 4.29. The topological polar surface area (TPSA) is 20.3 Å². The Balaban J connectivity index is 2.74. The number of hydrogen-bond donors (Lipinski definition) is 0. The molecule has 1 aromatic rings. The van der Waals surface area contributed by atoms with Gasteiger partial charge in [0.2, 0.25) is 0 Å². The predicted octanol–water partition coefficient (Wildman–Crippen LogP) is 3.83. The smallest absolute Gasteiger partial charge is 0.254 e. The second kappa shape index (κ2) is 6.81. The van der Waals surface area contributed by atoms with Crippen LogP contribution in [0.25, 0.3) is 0 Å². The molecule has 0 unspecified atom stereocenters. The molecule has 2 nitrogen and oxygen atoms in total. The zero-order valence-corrected chi connectivity index (χ0v) is 13.1. The van der Waals surface area contributed by atoms with E-state index in [1.807, 2.05) is 30.2 Å². The summed E-state index contributed by atoms with van der Waals surface area (Å²) in [6.45, 7) is 4.79. The first-order valence-electron chi connectivity index (χ1n) is 5.17. The Hall–Kier alpha value is 0.190. The Bertz CT molecular complexity index is 354. The molecule has 0 spiro atoms. The molecule has 16 heavy (non-hydrogen) atoms. The van der Waals surface area contributed by atoms with Crippen LogP contribution in [-0.4, -0.2) is 29.3 Å². The predicted molar refractivity (Wildman–Crippen MR) is 78.5 cm³/mol. The van der Waals surface area contributed by atoms with Crippen molar-refractivity contribution in [2.75, 3.05) is 12.4 Å². The normalized spacial score (nSPS) is 10.8. The molecule has 5 heteroatoms. The quantitative estimate of drug-likeness (QED) is 0.569. The number of alkyl halides is 1. The largest absolute Gasteiger partial charge is 0.336 e. The average molecular weight is 372 g/mol. The number of amides is 1. The summed E-state index contributed by atoms with van der Waals surface area (Å²) in [7, 11) is 0. The molecule has 90 valence electrons. The number of hydrogen-bond acceptors (Lipinski definition) is 2. The van der Waals surface area contributed by atoms with Crippen LogP contribution < -0.4 is 0 Å². The van der Waals surface area contributed by atoms with Gasteiger partial charge in [0, 0.05) is 23.8 Å². The Kier molecular flexibility index (Phi) is 6.07. The number of nitrogens with zero attached hydrogens (tertiary/aromatic N) is 1. The summed E-state index contributed by atoms with van der Waals surface area (Å²) >= 11 is 9.50. The van der Waals surface area contributed by atoms with Crippen LogP contribution >= 0.6 is 45.5 Å². The van der Waals surface area contributed by atoms with Crippen molar-refractivity contribution < 1.29 is 4.79 Å². The van der Waals surface area contributed by atoms with Crippen LogP contribution in [0.4, 0.5) is 0 Å². The molecule has 0 aliphatic carbocycles. The molecule has 0 N–H and O–H groups in total. The summed E-state index contributed by atoms with van der Waals surface area (Å²) in [6, 6.07) is 2.15. The van der Waals surface area contributed by atoms with Gasteiger partial charge in [-0.25, -0.2) is 0 Å². The number of carbonyl (C=O) groups excluding carboxylic acids is 1. The lowest BCUT2D eigenvalue weighted by Gasteiger charge is -2.26. The van der Waals surface area contributed by atoms with Crippen molar-refractivity contribution in [2.45, 2.75) is 26.3 Å². The van der Waals surface area contributed by atoms with E-state index >= 15 is 0 Å². The van der Waals surface area contributed by atoms with Gasteiger partial charge in [0.1, 0.15) is 0 Å². The van der Waals surface area contributed by atoms with E-state index in [1.54, 1.807) is 11.3 Å². The molecule has 1 aromatic heterocycles. The maximum absolute atomic E-state index is 12.2. The number of carbonyl (C=O) groups is 1. The molecule has 0 atom stereocenters. The van der Waals surface area contributed by atoms with E-state index in [1.165, 1.54) is 0 Å². The summed E-state index contributed by atoms with van der Waals surface area (Å²) in [4.78, 5) is 14.1. The van der Waals surface area contributed by atoms with Gasteiger partial charge in [0.25, 0.3) is 5.91 Å². The Morgan fingerprint density at radius 3 is 2.75 bits per heavy atom. The van der Waals surface area contributed by atoms with Crippen LogP contribution in [-0.2, 0) is 0 Å². The fourth-order valence-electron chi connectivity index (χ4n) is 1.41. The van der Waals surface area contributed by atoms with Gasteiger partial charge >= 0.3 is 0 Å².